The quantitative estimate of drug-likeness (QED) is 0.873. The van der Waals surface area contributed by atoms with Crippen LogP contribution in [0.15, 0.2) is 18.2 Å². The lowest BCUT2D eigenvalue weighted by Crippen LogP contribution is -2.43. The lowest BCUT2D eigenvalue weighted by Gasteiger charge is -2.36. The highest BCUT2D eigenvalue weighted by Crippen LogP contribution is 2.33. The number of nitrogens with zero attached hydrogens (tertiary/aromatic N) is 1. The highest BCUT2D eigenvalue weighted by atomic mass is 16.3. The first-order valence-corrected chi connectivity index (χ1v) is 7.99. The molecule has 0 aliphatic heterocycles. The molecule has 3 heteroatoms. The van der Waals surface area contributed by atoms with Crippen molar-refractivity contribution < 1.29 is 5.11 Å². The van der Waals surface area contributed by atoms with Crippen LogP contribution in [0, 0.1) is 24.2 Å². The first-order valence-electron chi connectivity index (χ1n) is 7.99. The summed E-state index contributed by atoms with van der Waals surface area (Å²) in [7, 11) is 0. The SMILES string of the molecule is CCC1CCC(O)(CNCc2ccc(C#N)cc2C)CC1. The van der Waals surface area contributed by atoms with E-state index in [2.05, 4.69) is 18.3 Å². The molecular formula is C18H26N2O. The molecule has 1 aliphatic carbocycles. The molecule has 0 aromatic heterocycles. The van der Waals surface area contributed by atoms with Crippen LogP contribution in [0.25, 0.3) is 0 Å². The van der Waals surface area contributed by atoms with E-state index in [0.717, 1.165) is 43.7 Å². The van der Waals surface area contributed by atoms with Gasteiger partial charge in [-0.05, 0) is 61.8 Å². The molecule has 0 radical (unpaired) electrons. The van der Waals surface area contributed by atoms with Crippen molar-refractivity contribution in [1.82, 2.24) is 5.32 Å². The number of hydrogen-bond donors (Lipinski definition) is 2. The first kappa shape index (κ1) is 16.0. The molecule has 114 valence electrons. The van der Waals surface area contributed by atoms with E-state index >= 15 is 0 Å². The minimum absolute atomic E-state index is 0.536. The summed E-state index contributed by atoms with van der Waals surface area (Å²) >= 11 is 0. The summed E-state index contributed by atoms with van der Waals surface area (Å²) in [4.78, 5) is 0. The molecule has 2 rings (SSSR count). The Balaban J connectivity index is 1.83. The summed E-state index contributed by atoms with van der Waals surface area (Å²) < 4.78 is 0. The molecule has 1 aromatic rings. The second-order valence-corrected chi connectivity index (χ2v) is 6.43. The van der Waals surface area contributed by atoms with Crippen LogP contribution in [0.4, 0.5) is 0 Å². The second kappa shape index (κ2) is 7.06. The minimum Gasteiger partial charge on any atom is -0.389 e. The zero-order chi connectivity index (χ0) is 15.3. The molecular weight excluding hydrogens is 260 g/mol. The highest BCUT2D eigenvalue weighted by Gasteiger charge is 2.32. The molecule has 1 aromatic carbocycles. The fraction of sp³-hybridized carbons (Fsp3) is 0.611. The predicted molar refractivity (Wildman–Crippen MR) is 84.8 cm³/mol. The van der Waals surface area contributed by atoms with Gasteiger partial charge < -0.3 is 10.4 Å². The maximum absolute atomic E-state index is 10.6. The minimum atomic E-state index is -0.536. The molecule has 0 heterocycles. The van der Waals surface area contributed by atoms with Crippen molar-refractivity contribution in [3.63, 3.8) is 0 Å². The van der Waals surface area contributed by atoms with Gasteiger partial charge in [0.2, 0.25) is 0 Å². The Bertz CT molecular complexity index is 510. The van der Waals surface area contributed by atoms with E-state index in [1.807, 2.05) is 25.1 Å². The van der Waals surface area contributed by atoms with E-state index in [9.17, 15) is 5.11 Å². The number of nitrogens with one attached hydrogen (secondary N) is 1. The lowest BCUT2D eigenvalue weighted by molar-refractivity contribution is -0.00882. The van der Waals surface area contributed by atoms with E-state index in [4.69, 9.17) is 5.26 Å². The molecule has 21 heavy (non-hydrogen) atoms. The largest absolute Gasteiger partial charge is 0.389 e. The average Bonchev–Trinajstić information content (AvgIpc) is 2.49. The smallest absolute Gasteiger partial charge is 0.0991 e. The van der Waals surface area contributed by atoms with Crippen molar-refractivity contribution in [1.29, 1.82) is 5.26 Å². The molecule has 3 nitrogen and oxygen atoms in total. The van der Waals surface area contributed by atoms with Crippen LogP contribution in [0.2, 0.25) is 0 Å². The molecule has 0 atom stereocenters. The number of rotatable bonds is 5. The Kier molecular flexibility index (Phi) is 5.39. The third kappa shape index (κ3) is 4.30. The zero-order valence-electron chi connectivity index (χ0n) is 13.2. The number of aryl methyl sites for hydroxylation is 1. The number of aliphatic hydroxyl groups is 1. The van der Waals surface area contributed by atoms with Gasteiger partial charge in [-0.15, -0.1) is 0 Å². The molecule has 2 N–H and O–H groups in total. The van der Waals surface area contributed by atoms with Gasteiger partial charge in [-0.2, -0.15) is 5.26 Å². The van der Waals surface area contributed by atoms with Crippen LogP contribution in [0.3, 0.4) is 0 Å². The van der Waals surface area contributed by atoms with E-state index in [1.165, 1.54) is 12.0 Å². The van der Waals surface area contributed by atoms with Gasteiger partial charge in [0.15, 0.2) is 0 Å². The molecule has 0 saturated heterocycles. The summed E-state index contributed by atoms with van der Waals surface area (Å²) in [5.74, 6) is 0.797. The molecule has 0 spiro atoms. The molecule has 1 aliphatic rings. The third-order valence-electron chi connectivity index (χ3n) is 4.85. The number of hydrogen-bond acceptors (Lipinski definition) is 3. The Morgan fingerprint density at radius 2 is 2.10 bits per heavy atom. The Hall–Kier alpha value is -1.37. The van der Waals surface area contributed by atoms with Gasteiger partial charge in [-0.3, -0.25) is 0 Å². The summed E-state index contributed by atoms with van der Waals surface area (Å²) in [5.41, 5.74) is 2.49. The summed E-state index contributed by atoms with van der Waals surface area (Å²) in [5, 5.41) is 22.9. The summed E-state index contributed by atoms with van der Waals surface area (Å²) in [6, 6.07) is 7.92. The molecule has 1 saturated carbocycles. The van der Waals surface area contributed by atoms with Crippen LogP contribution < -0.4 is 5.32 Å². The van der Waals surface area contributed by atoms with Gasteiger partial charge >= 0.3 is 0 Å². The fourth-order valence-electron chi connectivity index (χ4n) is 3.19. The highest BCUT2D eigenvalue weighted by molar-refractivity contribution is 5.37. The Labute approximate surface area is 128 Å². The van der Waals surface area contributed by atoms with Crippen LogP contribution in [-0.4, -0.2) is 17.3 Å². The Morgan fingerprint density at radius 3 is 2.67 bits per heavy atom. The summed E-state index contributed by atoms with van der Waals surface area (Å²) in [6.45, 7) is 5.67. The van der Waals surface area contributed by atoms with Crippen molar-refractivity contribution in [2.45, 2.75) is 58.1 Å². The Morgan fingerprint density at radius 1 is 1.38 bits per heavy atom. The van der Waals surface area contributed by atoms with Crippen molar-refractivity contribution in [3.05, 3.63) is 34.9 Å². The van der Waals surface area contributed by atoms with Gasteiger partial charge in [-0.1, -0.05) is 19.4 Å². The van der Waals surface area contributed by atoms with E-state index in [0.29, 0.717) is 12.1 Å². The van der Waals surface area contributed by atoms with Gasteiger partial charge in [0, 0.05) is 13.1 Å². The van der Waals surface area contributed by atoms with Crippen molar-refractivity contribution in [2.75, 3.05) is 6.54 Å². The first-order chi connectivity index (χ1) is 10.1. The maximum atomic E-state index is 10.6. The third-order valence-corrected chi connectivity index (χ3v) is 4.85. The van der Waals surface area contributed by atoms with E-state index in [1.54, 1.807) is 0 Å². The topological polar surface area (TPSA) is 56.0 Å². The van der Waals surface area contributed by atoms with Crippen LogP contribution in [0.1, 0.15) is 55.7 Å². The molecule has 0 bridgehead atoms. The molecule has 0 unspecified atom stereocenters. The fourth-order valence-corrected chi connectivity index (χ4v) is 3.19. The average molecular weight is 286 g/mol. The van der Waals surface area contributed by atoms with Crippen LogP contribution >= 0.6 is 0 Å². The molecule has 0 amide bonds. The van der Waals surface area contributed by atoms with Crippen molar-refractivity contribution >= 4 is 0 Å². The maximum Gasteiger partial charge on any atom is 0.0991 e. The predicted octanol–water partition coefficient (Wildman–Crippen LogP) is 3.29. The zero-order valence-corrected chi connectivity index (χ0v) is 13.2. The lowest BCUT2D eigenvalue weighted by atomic mass is 9.78. The normalized spacial score (nSPS) is 25.5. The summed E-state index contributed by atoms with van der Waals surface area (Å²) in [6.07, 6.45) is 5.33. The van der Waals surface area contributed by atoms with E-state index in [-0.39, 0.29) is 0 Å². The number of benzene rings is 1. The van der Waals surface area contributed by atoms with Crippen molar-refractivity contribution in [2.24, 2.45) is 5.92 Å². The van der Waals surface area contributed by atoms with Gasteiger partial charge in [0.05, 0.1) is 17.2 Å². The number of nitriles is 1. The van der Waals surface area contributed by atoms with Crippen molar-refractivity contribution in [3.8, 4) is 6.07 Å². The monoisotopic (exact) mass is 286 g/mol. The van der Waals surface area contributed by atoms with Crippen LogP contribution in [0.5, 0.6) is 0 Å². The molecule has 1 fully saturated rings. The second-order valence-electron chi connectivity index (χ2n) is 6.43. The van der Waals surface area contributed by atoms with Gasteiger partial charge in [0.1, 0.15) is 0 Å². The standard InChI is InChI=1S/C18H26N2O/c1-3-15-6-8-18(21,9-7-15)13-20-12-17-5-4-16(11-19)10-14(17)2/h4-5,10,15,20-21H,3,6-9,12-13H2,1-2H3. The van der Waals surface area contributed by atoms with E-state index < -0.39 is 5.60 Å². The van der Waals surface area contributed by atoms with Gasteiger partial charge in [0.25, 0.3) is 0 Å². The van der Waals surface area contributed by atoms with Gasteiger partial charge in [-0.25, -0.2) is 0 Å². The van der Waals surface area contributed by atoms with Crippen LogP contribution in [-0.2, 0) is 6.54 Å².